The highest BCUT2D eigenvalue weighted by molar-refractivity contribution is 7.89. The lowest BCUT2D eigenvalue weighted by Crippen LogP contribution is -2.42. The SMILES string of the molecule is Cc1cc(-c2cc(Cl)ccc2OCCn2c(C)nc3c(c2=O)C[C@H](N2CC4CCCC4C2)CC3)c2scc(C(=O)NS(C)(=O)=O)c2n1. The first-order valence-corrected chi connectivity index (χ1v) is 19.3. The van der Waals surface area contributed by atoms with E-state index in [9.17, 15) is 18.0 Å². The quantitative estimate of drug-likeness (QED) is 0.269. The Kier molecular flexibility index (Phi) is 8.65. The van der Waals surface area contributed by atoms with Gasteiger partial charge in [0, 0.05) is 51.9 Å². The van der Waals surface area contributed by atoms with E-state index in [1.807, 2.05) is 24.6 Å². The molecule has 4 heterocycles. The minimum absolute atomic E-state index is 0.0291. The molecular formula is C34H38ClN5O5S2. The molecule has 13 heteroatoms. The van der Waals surface area contributed by atoms with E-state index < -0.39 is 15.9 Å². The molecule has 7 rings (SSSR count). The predicted octanol–water partition coefficient (Wildman–Crippen LogP) is 5.15. The fourth-order valence-electron chi connectivity index (χ4n) is 7.76. The second-order valence-corrected chi connectivity index (χ2v) is 16.2. The van der Waals surface area contributed by atoms with Crippen LogP contribution in [-0.2, 0) is 29.4 Å². The Hall–Kier alpha value is -3.32. The zero-order valence-corrected chi connectivity index (χ0v) is 29.1. The summed E-state index contributed by atoms with van der Waals surface area (Å²) in [7, 11) is -3.75. The van der Waals surface area contributed by atoms with Gasteiger partial charge in [0.25, 0.3) is 11.5 Å². The molecule has 3 aromatic heterocycles. The molecule has 2 fully saturated rings. The third kappa shape index (κ3) is 6.45. The minimum Gasteiger partial charge on any atom is -0.491 e. The van der Waals surface area contributed by atoms with Gasteiger partial charge in [0.2, 0.25) is 10.0 Å². The number of carbonyl (C=O) groups excluding carboxylic acids is 1. The Morgan fingerprint density at radius 1 is 1.11 bits per heavy atom. The van der Waals surface area contributed by atoms with Gasteiger partial charge in [-0.2, -0.15) is 0 Å². The number of halogens is 1. The Balaban J connectivity index is 1.12. The summed E-state index contributed by atoms with van der Waals surface area (Å²) >= 11 is 7.75. The van der Waals surface area contributed by atoms with Crippen molar-refractivity contribution >= 4 is 49.1 Å². The van der Waals surface area contributed by atoms with Crippen molar-refractivity contribution in [3.05, 3.63) is 73.4 Å². The summed E-state index contributed by atoms with van der Waals surface area (Å²) in [5.41, 5.74) is 4.50. The molecule has 3 aliphatic rings. The van der Waals surface area contributed by atoms with Crippen molar-refractivity contribution in [2.24, 2.45) is 11.8 Å². The average Bonchev–Trinajstić information content (AvgIpc) is 3.74. The number of hydrogen-bond acceptors (Lipinski definition) is 9. The van der Waals surface area contributed by atoms with Crippen LogP contribution in [0.25, 0.3) is 21.3 Å². The molecule has 10 nitrogen and oxygen atoms in total. The topological polar surface area (TPSA) is 123 Å². The van der Waals surface area contributed by atoms with E-state index in [2.05, 4.69) is 9.88 Å². The smallest absolute Gasteiger partial charge is 0.267 e. The number of benzene rings is 1. The fraction of sp³-hybridized carbons (Fsp3) is 0.471. The summed E-state index contributed by atoms with van der Waals surface area (Å²) in [6, 6.07) is 7.63. The lowest BCUT2D eigenvalue weighted by atomic mass is 9.91. The number of sulfonamides is 1. The second-order valence-electron chi connectivity index (χ2n) is 13.2. The van der Waals surface area contributed by atoms with Crippen LogP contribution in [0.1, 0.15) is 58.8 Å². The molecule has 1 N–H and O–H groups in total. The number of aromatic nitrogens is 3. The Morgan fingerprint density at radius 2 is 1.87 bits per heavy atom. The van der Waals surface area contributed by atoms with Crippen LogP contribution in [0.4, 0.5) is 0 Å². The van der Waals surface area contributed by atoms with E-state index in [0.717, 1.165) is 54.2 Å². The molecule has 1 amide bonds. The highest BCUT2D eigenvalue weighted by Crippen LogP contribution is 2.41. The molecule has 4 aromatic rings. The normalized spacial score (nSPS) is 21.1. The van der Waals surface area contributed by atoms with Crippen LogP contribution in [0.3, 0.4) is 0 Å². The number of nitrogens with zero attached hydrogens (tertiary/aromatic N) is 4. The summed E-state index contributed by atoms with van der Waals surface area (Å²) in [4.78, 5) is 38.7. The van der Waals surface area contributed by atoms with Crippen molar-refractivity contribution in [2.75, 3.05) is 26.0 Å². The van der Waals surface area contributed by atoms with E-state index >= 15 is 0 Å². The van der Waals surface area contributed by atoms with Crippen molar-refractivity contribution < 1.29 is 17.9 Å². The highest BCUT2D eigenvalue weighted by Gasteiger charge is 2.40. The van der Waals surface area contributed by atoms with Crippen LogP contribution >= 0.6 is 22.9 Å². The van der Waals surface area contributed by atoms with Gasteiger partial charge in [-0.25, -0.2) is 18.1 Å². The van der Waals surface area contributed by atoms with Crippen LogP contribution in [0, 0.1) is 25.7 Å². The predicted molar refractivity (Wildman–Crippen MR) is 184 cm³/mol. The first kappa shape index (κ1) is 32.2. The third-order valence-electron chi connectivity index (χ3n) is 9.94. The molecule has 248 valence electrons. The van der Waals surface area contributed by atoms with Gasteiger partial charge < -0.3 is 4.74 Å². The maximum atomic E-state index is 13.8. The zero-order chi connectivity index (χ0) is 33.0. The first-order chi connectivity index (χ1) is 22.4. The van der Waals surface area contributed by atoms with Crippen LogP contribution in [0.2, 0.25) is 5.02 Å². The van der Waals surface area contributed by atoms with E-state index in [1.165, 1.54) is 43.7 Å². The molecule has 0 spiro atoms. The first-order valence-electron chi connectivity index (χ1n) is 16.1. The molecule has 0 radical (unpaired) electrons. The standard InChI is InChI=1S/C34H38ClN5O5S2/c1-19-13-26(32-31(36-19)28(18-46-32)33(41)38-47(3,43)44)25-14-23(35)7-10-30(25)45-12-11-40-20(2)37-29-9-8-24(15-27(29)34(40)42)39-16-21-5-4-6-22(21)17-39/h7,10,13-14,18,21-22,24H,4-6,8-9,11-12,15-17H2,1-3H3,(H,38,41)/t21?,22?,24-/m1/s1. The maximum Gasteiger partial charge on any atom is 0.267 e. The van der Waals surface area contributed by atoms with Crippen molar-refractivity contribution in [1.29, 1.82) is 0 Å². The lowest BCUT2D eigenvalue weighted by Gasteiger charge is -2.32. The number of amides is 1. The summed E-state index contributed by atoms with van der Waals surface area (Å²) in [5.74, 6) is 2.17. The Bertz CT molecular complexity index is 2050. The number of pyridine rings is 1. The van der Waals surface area contributed by atoms with Gasteiger partial charge in [-0.15, -0.1) is 11.3 Å². The molecular weight excluding hydrogens is 658 g/mol. The summed E-state index contributed by atoms with van der Waals surface area (Å²) in [6.45, 7) is 6.59. The number of thiophene rings is 1. The summed E-state index contributed by atoms with van der Waals surface area (Å²) < 4.78 is 34.2. The van der Waals surface area contributed by atoms with Crippen LogP contribution in [-0.4, -0.2) is 65.8 Å². The van der Waals surface area contributed by atoms with Gasteiger partial charge in [0.05, 0.1) is 34.3 Å². The van der Waals surface area contributed by atoms with Gasteiger partial charge in [-0.05, 0) is 82.1 Å². The average molecular weight is 696 g/mol. The molecule has 1 aromatic carbocycles. The number of likely N-dealkylation sites (tertiary alicyclic amines) is 1. The zero-order valence-electron chi connectivity index (χ0n) is 26.7. The number of aryl methyl sites for hydroxylation is 3. The number of carbonyl (C=O) groups is 1. The van der Waals surface area contributed by atoms with Gasteiger partial charge in [-0.3, -0.25) is 24.0 Å². The van der Waals surface area contributed by atoms with Crippen LogP contribution in [0.5, 0.6) is 5.75 Å². The van der Waals surface area contributed by atoms with E-state index in [1.54, 1.807) is 28.1 Å². The van der Waals surface area contributed by atoms with E-state index in [4.69, 9.17) is 21.3 Å². The molecule has 1 aliphatic heterocycles. The molecule has 2 aliphatic carbocycles. The number of nitrogens with one attached hydrogen (secondary N) is 1. The monoisotopic (exact) mass is 695 g/mol. The van der Waals surface area contributed by atoms with Crippen LogP contribution in [0.15, 0.2) is 34.4 Å². The number of rotatable bonds is 8. The lowest BCUT2D eigenvalue weighted by molar-refractivity contribution is 0.0983. The number of fused-ring (bicyclic) bond motifs is 3. The number of hydrogen-bond donors (Lipinski definition) is 1. The summed E-state index contributed by atoms with van der Waals surface area (Å²) in [6.07, 6.45) is 7.63. The van der Waals surface area contributed by atoms with E-state index in [-0.39, 0.29) is 17.7 Å². The van der Waals surface area contributed by atoms with Crippen molar-refractivity contribution in [1.82, 2.24) is 24.2 Å². The number of ether oxygens (including phenoxy) is 1. The third-order valence-corrected chi connectivity index (χ3v) is 11.7. The van der Waals surface area contributed by atoms with E-state index in [0.29, 0.717) is 50.7 Å². The molecule has 3 atom stereocenters. The highest BCUT2D eigenvalue weighted by atomic mass is 35.5. The molecule has 1 saturated carbocycles. The van der Waals surface area contributed by atoms with Gasteiger partial charge in [0.1, 0.15) is 18.2 Å². The van der Waals surface area contributed by atoms with Crippen molar-refractivity contribution in [2.45, 2.75) is 65.0 Å². The Morgan fingerprint density at radius 3 is 2.62 bits per heavy atom. The fourth-order valence-corrected chi connectivity index (χ4v) is 9.40. The van der Waals surface area contributed by atoms with Gasteiger partial charge in [-0.1, -0.05) is 18.0 Å². The molecule has 0 bridgehead atoms. The molecule has 47 heavy (non-hydrogen) atoms. The minimum atomic E-state index is -3.75. The van der Waals surface area contributed by atoms with Crippen molar-refractivity contribution in [3.63, 3.8) is 0 Å². The maximum absolute atomic E-state index is 13.8. The van der Waals surface area contributed by atoms with Crippen molar-refractivity contribution in [3.8, 4) is 16.9 Å². The van der Waals surface area contributed by atoms with Gasteiger partial charge in [0.15, 0.2) is 0 Å². The van der Waals surface area contributed by atoms with Gasteiger partial charge >= 0.3 is 0 Å². The summed E-state index contributed by atoms with van der Waals surface area (Å²) in [5, 5.41) is 2.11. The molecule has 1 saturated heterocycles. The molecule has 2 unspecified atom stereocenters. The largest absolute Gasteiger partial charge is 0.491 e. The van der Waals surface area contributed by atoms with Crippen LogP contribution < -0.4 is 15.0 Å². The Labute approximate surface area is 283 Å². The second kappa shape index (κ2) is 12.6.